The summed E-state index contributed by atoms with van der Waals surface area (Å²) >= 11 is 3.56. The molecule has 1 aliphatic carbocycles. The third-order valence-corrected chi connectivity index (χ3v) is 6.30. The lowest BCUT2D eigenvalue weighted by molar-refractivity contribution is -0.138. The van der Waals surface area contributed by atoms with E-state index < -0.39 is 11.9 Å². The largest absolute Gasteiger partial charge is 0.490 e. The summed E-state index contributed by atoms with van der Waals surface area (Å²) in [5, 5.41) is 3.30. The molecule has 0 saturated carbocycles. The van der Waals surface area contributed by atoms with Crippen LogP contribution in [-0.2, 0) is 9.53 Å². The van der Waals surface area contributed by atoms with Gasteiger partial charge in [-0.1, -0.05) is 30.2 Å². The molecule has 4 rings (SSSR count). The van der Waals surface area contributed by atoms with E-state index in [1.54, 1.807) is 19.1 Å². The van der Waals surface area contributed by atoms with Crippen LogP contribution in [0.15, 0.2) is 57.7 Å². The molecule has 1 N–H and O–H groups in total. The zero-order valence-electron chi connectivity index (χ0n) is 19.2. The Morgan fingerprint density at radius 3 is 2.56 bits per heavy atom. The summed E-state index contributed by atoms with van der Waals surface area (Å²) in [6.07, 6.45) is 5.37. The van der Waals surface area contributed by atoms with Gasteiger partial charge in [0.15, 0.2) is 17.3 Å². The molecule has 0 saturated heterocycles. The van der Waals surface area contributed by atoms with Crippen molar-refractivity contribution < 1.29 is 23.8 Å². The van der Waals surface area contributed by atoms with E-state index in [4.69, 9.17) is 20.6 Å². The number of fused-ring (bicyclic) bond motifs is 2. The lowest BCUT2D eigenvalue weighted by atomic mass is 9.79. The number of benzene rings is 2. The van der Waals surface area contributed by atoms with Gasteiger partial charge in [0.2, 0.25) is 0 Å². The fraction of sp³-hybridized carbons (Fsp3) is 0.259. The number of ketones is 1. The Kier molecular flexibility index (Phi) is 6.80. The minimum Gasteiger partial charge on any atom is -0.490 e. The summed E-state index contributed by atoms with van der Waals surface area (Å²) in [5.74, 6) is 2.12. The maximum atomic E-state index is 13.6. The summed E-state index contributed by atoms with van der Waals surface area (Å²) < 4.78 is 17.5. The van der Waals surface area contributed by atoms with E-state index in [0.29, 0.717) is 56.2 Å². The van der Waals surface area contributed by atoms with Crippen LogP contribution >= 0.6 is 15.9 Å². The SMILES string of the molecule is C#CCOc1c(Br)cc([C@@H]2C(C(=O)OCC)=C(C)NC3=C2C(=O)c2ccccc23)cc1OCC. The van der Waals surface area contributed by atoms with Crippen LogP contribution < -0.4 is 14.8 Å². The third kappa shape index (κ3) is 3.99. The van der Waals surface area contributed by atoms with Crippen LogP contribution in [0.5, 0.6) is 11.5 Å². The van der Waals surface area contributed by atoms with Gasteiger partial charge < -0.3 is 19.5 Å². The van der Waals surface area contributed by atoms with E-state index in [9.17, 15) is 9.59 Å². The van der Waals surface area contributed by atoms with Gasteiger partial charge in [-0.25, -0.2) is 4.79 Å². The Labute approximate surface area is 207 Å². The molecule has 6 nitrogen and oxygen atoms in total. The molecule has 0 radical (unpaired) electrons. The van der Waals surface area contributed by atoms with Crippen molar-refractivity contribution in [3.05, 3.63) is 74.4 Å². The highest BCUT2D eigenvalue weighted by Gasteiger charge is 2.43. The van der Waals surface area contributed by atoms with Gasteiger partial charge in [-0.15, -0.1) is 6.42 Å². The molecule has 0 bridgehead atoms. The molecule has 0 aromatic heterocycles. The molecule has 2 aromatic rings. The maximum Gasteiger partial charge on any atom is 0.336 e. The van der Waals surface area contributed by atoms with Crippen LogP contribution in [0.2, 0.25) is 0 Å². The number of rotatable bonds is 7. The number of nitrogens with one attached hydrogen (secondary N) is 1. The Morgan fingerprint density at radius 1 is 1.15 bits per heavy atom. The number of halogens is 1. The van der Waals surface area contributed by atoms with Gasteiger partial charge >= 0.3 is 5.97 Å². The standard InChI is InChI=1S/C27H24BrNO5/c1-5-12-34-26-19(28)13-16(14-20(26)32-6-2)22-21(27(31)33-7-3)15(4)29-24-17-10-8-9-11-18(17)25(30)23(22)24/h1,8-11,13-14,22,29H,6-7,12H2,2-4H3/t22-/m1/s1. The molecule has 1 atom stereocenters. The smallest absolute Gasteiger partial charge is 0.336 e. The number of carbonyl (C=O) groups is 2. The van der Waals surface area contributed by atoms with E-state index >= 15 is 0 Å². The molecule has 34 heavy (non-hydrogen) atoms. The van der Waals surface area contributed by atoms with Crippen molar-refractivity contribution >= 4 is 33.4 Å². The monoisotopic (exact) mass is 521 g/mol. The Hall–Kier alpha value is -3.50. The van der Waals surface area contributed by atoms with E-state index in [2.05, 4.69) is 27.2 Å². The van der Waals surface area contributed by atoms with Gasteiger partial charge in [-0.2, -0.15) is 0 Å². The molecule has 174 valence electrons. The molecule has 1 heterocycles. The fourth-order valence-electron chi connectivity index (χ4n) is 4.41. The maximum absolute atomic E-state index is 13.6. The van der Waals surface area contributed by atoms with Crippen LogP contribution in [-0.4, -0.2) is 31.6 Å². The summed E-state index contributed by atoms with van der Waals surface area (Å²) in [7, 11) is 0. The predicted molar refractivity (Wildman–Crippen MR) is 133 cm³/mol. The van der Waals surface area contributed by atoms with Gasteiger partial charge in [0.05, 0.1) is 29.0 Å². The molecule has 0 unspecified atom stereocenters. The lowest BCUT2D eigenvalue weighted by Crippen LogP contribution is -2.29. The molecule has 2 aromatic carbocycles. The molecule has 0 amide bonds. The number of esters is 1. The van der Waals surface area contributed by atoms with Crippen molar-refractivity contribution in [3.63, 3.8) is 0 Å². The van der Waals surface area contributed by atoms with Gasteiger partial charge in [-0.3, -0.25) is 4.79 Å². The average molecular weight is 522 g/mol. The minimum atomic E-state index is -0.660. The molecule has 2 aliphatic rings. The first-order valence-electron chi connectivity index (χ1n) is 11.0. The highest BCUT2D eigenvalue weighted by molar-refractivity contribution is 9.10. The summed E-state index contributed by atoms with van der Waals surface area (Å²) in [5.41, 5.74) is 4.33. The number of hydrogen-bond donors (Lipinski definition) is 1. The van der Waals surface area contributed by atoms with Crippen molar-refractivity contribution in [2.24, 2.45) is 0 Å². The van der Waals surface area contributed by atoms with Gasteiger partial charge in [0, 0.05) is 28.3 Å². The van der Waals surface area contributed by atoms with Crippen molar-refractivity contribution in [2.75, 3.05) is 19.8 Å². The normalized spacial score (nSPS) is 16.4. The van der Waals surface area contributed by atoms with E-state index in [1.165, 1.54) is 0 Å². The number of allylic oxidation sites excluding steroid dienone is 2. The van der Waals surface area contributed by atoms with Crippen molar-refractivity contribution in [3.8, 4) is 23.8 Å². The number of carbonyl (C=O) groups excluding carboxylic acids is 2. The number of hydrogen-bond acceptors (Lipinski definition) is 6. The summed E-state index contributed by atoms with van der Waals surface area (Å²) in [6, 6.07) is 11.0. The number of Topliss-reactive ketones (excluding diaryl/α,β-unsaturated/α-hetero) is 1. The first-order chi connectivity index (χ1) is 16.4. The Morgan fingerprint density at radius 2 is 1.88 bits per heavy atom. The van der Waals surface area contributed by atoms with Crippen molar-refractivity contribution in [2.45, 2.75) is 26.7 Å². The van der Waals surface area contributed by atoms with Crippen LogP contribution in [0.3, 0.4) is 0 Å². The minimum absolute atomic E-state index is 0.0710. The number of dihydropyridines is 1. The first kappa shape index (κ1) is 23.7. The highest BCUT2D eigenvalue weighted by Crippen LogP contribution is 2.49. The molecule has 0 fully saturated rings. The van der Waals surface area contributed by atoms with E-state index in [0.717, 1.165) is 5.56 Å². The summed E-state index contributed by atoms with van der Waals surface area (Å²) in [6.45, 7) is 6.12. The average Bonchev–Trinajstić information content (AvgIpc) is 3.09. The van der Waals surface area contributed by atoms with Gasteiger partial charge in [0.1, 0.15) is 6.61 Å². The van der Waals surface area contributed by atoms with Crippen molar-refractivity contribution in [1.29, 1.82) is 0 Å². The van der Waals surface area contributed by atoms with Crippen molar-refractivity contribution in [1.82, 2.24) is 5.32 Å². The van der Waals surface area contributed by atoms with E-state index in [1.807, 2.05) is 38.1 Å². The summed E-state index contributed by atoms with van der Waals surface area (Å²) in [4.78, 5) is 26.7. The lowest BCUT2D eigenvalue weighted by Gasteiger charge is -2.30. The van der Waals surface area contributed by atoms with E-state index in [-0.39, 0.29) is 19.0 Å². The van der Waals surface area contributed by atoms with Gasteiger partial charge in [0.25, 0.3) is 0 Å². The molecule has 7 heteroatoms. The fourth-order valence-corrected chi connectivity index (χ4v) is 4.99. The molecular formula is C27H24BrNO5. The molecule has 0 spiro atoms. The highest BCUT2D eigenvalue weighted by atomic mass is 79.9. The molecular weight excluding hydrogens is 498 g/mol. The number of terminal acetylenes is 1. The third-order valence-electron chi connectivity index (χ3n) is 5.71. The Balaban J connectivity index is 1.93. The quantitative estimate of drug-likeness (QED) is 0.408. The van der Waals surface area contributed by atoms with Crippen LogP contribution in [0.1, 0.15) is 48.2 Å². The first-order valence-corrected chi connectivity index (χ1v) is 11.8. The van der Waals surface area contributed by atoms with Crippen LogP contribution in [0, 0.1) is 12.3 Å². The zero-order chi connectivity index (χ0) is 24.4. The van der Waals surface area contributed by atoms with Crippen LogP contribution in [0.4, 0.5) is 0 Å². The molecule has 1 aliphatic heterocycles. The second-order valence-electron chi connectivity index (χ2n) is 7.74. The predicted octanol–water partition coefficient (Wildman–Crippen LogP) is 4.99. The number of ether oxygens (including phenoxy) is 3. The second-order valence-corrected chi connectivity index (χ2v) is 8.59. The second kappa shape index (κ2) is 9.78. The van der Waals surface area contributed by atoms with Crippen LogP contribution in [0.25, 0.3) is 5.70 Å². The Bertz CT molecular complexity index is 1280. The van der Waals surface area contributed by atoms with Gasteiger partial charge in [-0.05, 0) is 54.4 Å². The topological polar surface area (TPSA) is 73.9 Å². The zero-order valence-corrected chi connectivity index (χ0v) is 20.7.